The minimum atomic E-state index is -3.90. The topological polar surface area (TPSA) is 219 Å². The van der Waals surface area contributed by atoms with Gasteiger partial charge in [0.05, 0.1) is 34.3 Å². The van der Waals surface area contributed by atoms with Crippen LogP contribution < -0.4 is 25.7 Å². The number of benzene rings is 1. The predicted molar refractivity (Wildman–Crippen MR) is 209 cm³/mol. The lowest BCUT2D eigenvalue weighted by atomic mass is 9.96. The highest BCUT2D eigenvalue weighted by molar-refractivity contribution is 7.91. The molecule has 2 bridgehead atoms. The molecule has 1 saturated heterocycles. The van der Waals surface area contributed by atoms with Gasteiger partial charge in [-0.05, 0) is 100 Å². The van der Waals surface area contributed by atoms with Crippen LogP contribution in [0.5, 0.6) is 6.01 Å². The molecule has 0 unspecified atom stereocenters. The standard InChI is InChI=1S/C41H51N7O9S/c1-2-27-21-41(27,38(52)46-58(54,55)29-15-16-29)45-35(49)32-20-28-23-48(32)37(51)34(26-10-5-6-11-26)44-40(53)57-33-13-8-12-25(33)9-4-3-7-18-47-36(50)30-17-14-24(22-42)19-31(30)43-39(47)56-28/h3,7,14,17,19,25-29,32-34H,2,4-6,8-13,15-16,18,20-21,23H2,1H3,(H,44,53)(H,45,49)(H,46,52)/t25-,27-,28-,32+,33-,34+,41-/m1/s1. The largest absolute Gasteiger partial charge is 0.459 e. The number of carbonyl (C=O) groups is 4. The van der Waals surface area contributed by atoms with Gasteiger partial charge in [-0.3, -0.25) is 28.5 Å². The van der Waals surface area contributed by atoms with Crippen LogP contribution in [0, 0.1) is 29.1 Å². The number of amides is 4. The summed E-state index contributed by atoms with van der Waals surface area (Å²) >= 11 is 0. The molecule has 4 saturated carbocycles. The van der Waals surface area contributed by atoms with E-state index >= 15 is 0 Å². The Morgan fingerprint density at radius 3 is 2.52 bits per heavy atom. The number of hydrogen-bond donors (Lipinski definition) is 3. The van der Waals surface area contributed by atoms with Gasteiger partial charge in [0.15, 0.2) is 0 Å². The number of fused-ring (bicyclic) bond motifs is 5. The highest BCUT2D eigenvalue weighted by Gasteiger charge is 2.62. The maximum Gasteiger partial charge on any atom is 0.408 e. The van der Waals surface area contributed by atoms with Gasteiger partial charge in [-0.25, -0.2) is 13.2 Å². The van der Waals surface area contributed by atoms with Gasteiger partial charge in [0.25, 0.3) is 17.5 Å². The molecule has 0 spiro atoms. The van der Waals surface area contributed by atoms with E-state index in [9.17, 15) is 37.7 Å². The minimum absolute atomic E-state index is 0.0453. The molecule has 7 atom stereocenters. The molecule has 58 heavy (non-hydrogen) atoms. The van der Waals surface area contributed by atoms with Crippen LogP contribution in [0.25, 0.3) is 10.9 Å². The molecule has 4 aliphatic carbocycles. The second-order valence-electron chi connectivity index (χ2n) is 16.9. The van der Waals surface area contributed by atoms with Crippen LogP contribution in [0.2, 0.25) is 0 Å². The maximum absolute atomic E-state index is 14.9. The summed E-state index contributed by atoms with van der Waals surface area (Å²) in [6, 6.07) is 4.46. The Morgan fingerprint density at radius 1 is 1.02 bits per heavy atom. The van der Waals surface area contributed by atoms with Crippen LogP contribution in [0.15, 0.2) is 35.1 Å². The Labute approximate surface area is 337 Å². The third-order valence-electron chi connectivity index (χ3n) is 13.1. The fourth-order valence-corrected chi connectivity index (χ4v) is 11.0. The quantitative estimate of drug-likeness (QED) is 0.344. The van der Waals surface area contributed by atoms with E-state index in [1.807, 2.05) is 19.1 Å². The number of nitrogens with one attached hydrogen (secondary N) is 3. The van der Waals surface area contributed by atoms with Crippen LogP contribution in [0.4, 0.5) is 4.79 Å². The molecule has 310 valence electrons. The highest BCUT2D eigenvalue weighted by Crippen LogP contribution is 2.47. The number of nitrogens with zero attached hydrogens (tertiary/aromatic N) is 4. The number of nitriles is 1. The zero-order valence-electron chi connectivity index (χ0n) is 32.7. The molecule has 4 amide bonds. The van der Waals surface area contributed by atoms with Gasteiger partial charge >= 0.3 is 6.09 Å². The fraction of sp³-hybridized carbons (Fsp3) is 0.634. The van der Waals surface area contributed by atoms with Gasteiger partial charge in [0.1, 0.15) is 29.8 Å². The predicted octanol–water partition coefficient (Wildman–Crippen LogP) is 3.31. The molecule has 2 aliphatic heterocycles. The van der Waals surface area contributed by atoms with E-state index in [1.165, 1.54) is 15.5 Å². The minimum Gasteiger partial charge on any atom is -0.459 e. The van der Waals surface area contributed by atoms with Crippen LogP contribution in [-0.4, -0.2) is 88.3 Å². The van der Waals surface area contributed by atoms with Crippen molar-refractivity contribution < 1.29 is 37.1 Å². The van der Waals surface area contributed by atoms with Gasteiger partial charge in [-0.15, -0.1) is 0 Å². The lowest BCUT2D eigenvalue weighted by molar-refractivity contribution is -0.142. The van der Waals surface area contributed by atoms with Crippen LogP contribution >= 0.6 is 0 Å². The summed E-state index contributed by atoms with van der Waals surface area (Å²) in [5.41, 5.74) is -1.30. The van der Waals surface area contributed by atoms with Crippen molar-refractivity contribution in [2.24, 2.45) is 17.8 Å². The number of aromatic nitrogens is 2. The fourth-order valence-electron chi connectivity index (χ4n) is 9.59. The molecular formula is C41H51N7O9S. The molecule has 3 N–H and O–H groups in total. The summed E-state index contributed by atoms with van der Waals surface area (Å²) in [7, 11) is -3.90. The smallest absolute Gasteiger partial charge is 0.408 e. The highest BCUT2D eigenvalue weighted by atomic mass is 32.2. The first kappa shape index (κ1) is 39.8. The first-order chi connectivity index (χ1) is 27.9. The Morgan fingerprint density at radius 2 is 1.79 bits per heavy atom. The van der Waals surface area contributed by atoms with Gasteiger partial charge < -0.3 is 25.0 Å². The summed E-state index contributed by atoms with van der Waals surface area (Å²) in [6.07, 6.45) is 10.6. The lowest BCUT2D eigenvalue weighted by Gasteiger charge is -2.32. The Hall–Kier alpha value is -4.98. The molecular weight excluding hydrogens is 767 g/mol. The molecule has 8 rings (SSSR count). The third kappa shape index (κ3) is 7.91. The third-order valence-corrected chi connectivity index (χ3v) is 15.0. The van der Waals surface area contributed by atoms with Crippen molar-refractivity contribution >= 4 is 44.7 Å². The first-order valence-corrected chi connectivity index (χ1v) is 22.4. The van der Waals surface area contributed by atoms with E-state index < -0.39 is 62.8 Å². The van der Waals surface area contributed by atoms with E-state index in [0.717, 1.165) is 32.1 Å². The number of alkyl carbamates (subject to hydrolysis) is 1. The molecule has 1 aromatic heterocycles. The van der Waals surface area contributed by atoms with Crippen molar-refractivity contribution in [3.8, 4) is 12.1 Å². The number of hydrogen-bond acceptors (Lipinski definition) is 11. The number of sulfonamides is 1. The van der Waals surface area contributed by atoms with E-state index in [-0.39, 0.29) is 66.9 Å². The lowest BCUT2D eigenvalue weighted by Crippen LogP contribution is -2.59. The molecule has 16 nitrogen and oxygen atoms in total. The van der Waals surface area contributed by atoms with Crippen LogP contribution in [0.3, 0.4) is 0 Å². The zero-order chi connectivity index (χ0) is 40.8. The number of ether oxygens (including phenoxy) is 2. The van der Waals surface area contributed by atoms with Crippen LogP contribution in [-0.2, 0) is 35.7 Å². The Bertz CT molecular complexity index is 2230. The molecule has 3 heterocycles. The molecule has 2 aromatic rings. The molecule has 5 fully saturated rings. The van der Waals surface area contributed by atoms with Gasteiger partial charge in [0, 0.05) is 13.0 Å². The number of allylic oxidation sites excluding steroid dienone is 2. The molecule has 0 radical (unpaired) electrons. The van der Waals surface area contributed by atoms with Crippen molar-refractivity contribution in [1.82, 2.24) is 29.8 Å². The second-order valence-corrected chi connectivity index (χ2v) is 18.9. The molecule has 17 heteroatoms. The SMILES string of the molecule is CC[C@@H]1C[C@]1(NC(=O)[C@@H]1C[C@@H]2CN1C(=O)[C@H](C1CCCC1)NC(=O)O[C@@H]1CCC[C@H]1CCC=CCn1c(nc3cc(C#N)ccc3c1=O)O2)C(=O)NS(=O)(=O)C1CC1. The van der Waals surface area contributed by atoms with Crippen molar-refractivity contribution in [1.29, 1.82) is 5.26 Å². The molecule has 6 aliphatic rings. The average molecular weight is 818 g/mol. The Kier molecular flexibility index (Phi) is 11.0. The Balaban J connectivity index is 1.15. The van der Waals surface area contributed by atoms with E-state index in [0.29, 0.717) is 55.9 Å². The molecule has 1 aromatic carbocycles. The maximum atomic E-state index is 14.9. The zero-order valence-corrected chi connectivity index (χ0v) is 33.5. The van der Waals surface area contributed by atoms with Crippen molar-refractivity contribution in [2.75, 3.05) is 6.54 Å². The first-order valence-electron chi connectivity index (χ1n) is 20.8. The van der Waals surface area contributed by atoms with Gasteiger partial charge in [0.2, 0.25) is 21.8 Å². The van der Waals surface area contributed by atoms with E-state index in [2.05, 4.69) is 26.4 Å². The summed E-state index contributed by atoms with van der Waals surface area (Å²) < 4.78 is 41.7. The van der Waals surface area contributed by atoms with Gasteiger partial charge in [-0.1, -0.05) is 38.3 Å². The number of carbonyl (C=O) groups excluding carboxylic acids is 4. The summed E-state index contributed by atoms with van der Waals surface area (Å²) in [4.78, 5) is 76.7. The van der Waals surface area contributed by atoms with Gasteiger partial charge in [-0.2, -0.15) is 10.2 Å². The van der Waals surface area contributed by atoms with Crippen LogP contribution in [0.1, 0.15) is 102 Å². The monoisotopic (exact) mass is 817 g/mol. The van der Waals surface area contributed by atoms with E-state index in [1.54, 1.807) is 12.1 Å². The summed E-state index contributed by atoms with van der Waals surface area (Å²) in [5, 5.41) is 15.0. The number of rotatable bonds is 7. The second kappa shape index (κ2) is 16.0. The van der Waals surface area contributed by atoms with Crippen molar-refractivity contribution in [3.63, 3.8) is 0 Å². The normalized spacial score (nSPS) is 30.5. The van der Waals surface area contributed by atoms with Crippen molar-refractivity contribution in [3.05, 3.63) is 46.3 Å². The summed E-state index contributed by atoms with van der Waals surface area (Å²) in [6.45, 7) is 1.86. The summed E-state index contributed by atoms with van der Waals surface area (Å²) in [5.74, 6) is -2.37. The average Bonchev–Trinajstić information content (AvgIpc) is 3.99. The van der Waals surface area contributed by atoms with Crippen molar-refractivity contribution in [2.45, 2.75) is 138 Å². The van der Waals surface area contributed by atoms with E-state index in [4.69, 9.17) is 9.47 Å².